The van der Waals surface area contributed by atoms with Gasteiger partial charge in [-0.15, -0.1) is 0 Å². The fraction of sp³-hybridized carbons (Fsp3) is 0.443. The molecule has 0 aromatic heterocycles. The van der Waals surface area contributed by atoms with Crippen LogP contribution in [-0.4, -0.2) is 6.71 Å². The standard InChI is InChI=1S/C97H114BN3/c1-57-47-69-73(93(17,18)45-41-89(69,9)10)54-79(57)100-78-40-39-64-65-51-71-72(92(15,16)44-43-91(71,13)14)52-68(65)97(25,26)84(64)86(78)98-77-53-75-76(96(23,24)67-30-28-27-29-66(67)95(75,21)22)56-81(77)101(80-55-74-70(48-58(80)2)90(11,12)42-46-94(74,19)20)83-50-63(49-82(100)85(83)98)99(61-35-31-59(32-36-61)87(3,4)5)62-37-33-60(34-38-62)88(6,7)8/h27-40,47-56H,41-46H2,1-26H3. The summed E-state index contributed by atoms with van der Waals surface area (Å²) in [6.07, 6.45) is 6.94. The van der Waals surface area contributed by atoms with Gasteiger partial charge in [-0.3, -0.25) is 0 Å². The maximum absolute atomic E-state index is 2.84. The van der Waals surface area contributed by atoms with Crippen LogP contribution in [0, 0.1) is 13.8 Å². The van der Waals surface area contributed by atoms with E-state index in [0.29, 0.717) is 0 Å². The summed E-state index contributed by atoms with van der Waals surface area (Å²) < 4.78 is 0. The van der Waals surface area contributed by atoms with Crippen LogP contribution in [0.15, 0.2) is 146 Å². The van der Waals surface area contributed by atoms with Crippen molar-refractivity contribution >= 4 is 74.3 Å². The molecule has 0 atom stereocenters. The third-order valence-corrected chi connectivity index (χ3v) is 27.6. The van der Waals surface area contributed by atoms with Crippen LogP contribution in [0.1, 0.15) is 294 Å². The van der Waals surface area contributed by atoms with Crippen LogP contribution in [0.3, 0.4) is 0 Å². The first-order valence-electron chi connectivity index (χ1n) is 38.7. The van der Waals surface area contributed by atoms with Gasteiger partial charge in [0.15, 0.2) is 0 Å². The van der Waals surface area contributed by atoms with Crippen molar-refractivity contribution in [1.82, 2.24) is 0 Å². The van der Waals surface area contributed by atoms with Crippen LogP contribution >= 0.6 is 0 Å². The maximum Gasteiger partial charge on any atom is 0.252 e. The van der Waals surface area contributed by atoms with Crippen molar-refractivity contribution in [3.8, 4) is 11.1 Å². The van der Waals surface area contributed by atoms with E-state index in [-0.39, 0.29) is 66.3 Å². The second-order valence-electron chi connectivity index (χ2n) is 40.3. The largest absolute Gasteiger partial charge is 0.311 e. The van der Waals surface area contributed by atoms with Crippen molar-refractivity contribution in [2.24, 2.45) is 0 Å². The van der Waals surface area contributed by atoms with Crippen molar-refractivity contribution in [2.45, 2.75) is 278 Å². The molecule has 16 rings (SSSR count). The Bertz CT molecular complexity index is 4960. The van der Waals surface area contributed by atoms with E-state index in [1.165, 1.54) is 163 Å². The van der Waals surface area contributed by atoms with E-state index in [9.17, 15) is 0 Å². The molecule has 0 bridgehead atoms. The van der Waals surface area contributed by atoms with Gasteiger partial charge in [0.2, 0.25) is 0 Å². The highest BCUT2D eigenvalue weighted by atomic mass is 15.2. The number of hydrogen-bond donors (Lipinski definition) is 0. The van der Waals surface area contributed by atoms with Crippen molar-refractivity contribution in [1.29, 1.82) is 0 Å². The molecule has 9 aromatic rings. The molecule has 0 unspecified atom stereocenters. The quantitative estimate of drug-likeness (QED) is 0.159. The molecule has 520 valence electrons. The first-order chi connectivity index (χ1) is 46.9. The van der Waals surface area contributed by atoms with Gasteiger partial charge in [-0.05, 0) is 279 Å². The lowest BCUT2D eigenvalue weighted by molar-refractivity contribution is 0.331. The SMILES string of the molecule is Cc1cc2c(cc1N1c3cc4c(cc3B3c5c1cc(N(c1ccc(C(C)(C)C)cc1)c1ccc(C(C)(C)C)cc1)cc5N(c1cc5c(cc1C)C(C)(C)CCC5(C)C)c1ccc5c(c13)C(C)(C)c1cc3c(cc1-5)C(C)(C)CCC3(C)C)C(C)(C)c1ccccc1C4(C)C)C(C)(C)CCC2(C)C. The van der Waals surface area contributed by atoms with Crippen LogP contribution in [-0.2, 0) is 59.6 Å². The Morgan fingerprint density at radius 1 is 0.307 bits per heavy atom. The third-order valence-electron chi connectivity index (χ3n) is 27.6. The topological polar surface area (TPSA) is 9.72 Å². The van der Waals surface area contributed by atoms with E-state index in [2.05, 4.69) is 340 Å². The lowest BCUT2D eigenvalue weighted by Crippen LogP contribution is -2.63. The number of fused-ring (bicyclic) bond motifs is 13. The number of benzene rings is 9. The fourth-order valence-electron chi connectivity index (χ4n) is 20.6. The molecular formula is C97H114BN3. The predicted molar refractivity (Wildman–Crippen MR) is 436 cm³/mol. The molecule has 0 amide bonds. The van der Waals surface area contributed by atoms with E-state index >= 15 is 0 Å². The van der Waals surface area contributed by atoms with Gasteiger partial charge in [-0.1, -0.05) is 245 Å². The summed E-state index contributed by atoms with van der Waals surface area (Å²) in [5.41, 5.74) is 40.1. The lowest BCUT2D eigenvalue weighted by Gasteiger charge is -2.50. The van der Waals surface area contributed by atoms with Crippen molar-refractivity contribution < 1.29 is 0 Å². The summed E-state index contributed by atoms with van der Waals surface area (Å²) in [5.74, 6) is 0. The molecule has 2 heterocycles. The molecule has 101 heavy (non-hydrogen) atoms. The summed E-state index contributed by atoms with van der Waals surface area (Å²) >= 11 is 0. The van der Waals surface area contributed by atoms with Crippen LogP contribution in [0.5, 0.6) is 0 Å². The summed E-state index contributed by atoms with van der Waals surface area (Å²) in [5, 5.41) is 0. The number of aryl methyl sites for hydroxylation is 2. The normalized spacial score (nSPS) is 20.2. The average Bonchev–Trinajstić information content (AvgIpc) is 1.65. The van der Waals surface area contributed by atoms with Gasteiger partial charge in [0.05, 0.1) is 5.69 Å². The summed E-state index contributed by atoms with van der Waals surface area (Å²) in [4.78, 5) is 8.27. The Balaban J connectivity index is 1.10. The second kappa shape index (κ2) is 21.3. The number of hydrogen-bond acceptors (Lipinski definition) is 3. The predicted octanol–water partition coefficient (Wildman–Crippen LogP) is 24.8. The summed E-state index contributed by atoms with van der Waals surface area (Å²) in [6.45, 7) is 64.1. The third kappa shape index (κ3) is 9.82. The number of anilines is 9. The second-order valence-corrected chi connectivity index (χ2v) is 40.3. The smallest absolute Gasteiger partial charge is 0.252 e. The molecule has 0 saturated heterocycles. The van der Waals surface area contributed by atoms with Gasteiger partial charge in [0, 0.05) is 61.7 Å². The van der Waals surface area contributed by atoms with Gasteiger partial charge >= 0.3 is 0 Å². The summed E-state index contributed by atoms with van der Waals surface area (Å²) in [7, 11) is 0. The van der Waals surface area contributed by atoms with Gasteiger partial charge in [-0.25, -0.2) is 0 Å². The molecule has 0 N–H and O–H groups in total. The molecule has 2 aliphatic heterocycles. The average molecular weight is 1330 g/mol. The molecule has 3 nitrogen and oxygen atoms in total. The Kier molecular flexibility index (Phi) is 14.3. The summed E-state index contributed by atoms with van der Waals surface area (Å²) in [6, 6.07) is 60.7. The van der Waals surface area contributed by atoms with E-state index in [4.69, 9.17) is 0 Å². The fourth-order valence-corrected chi connectivity index (χ4v) is 20.6. The minimum absolute atomic E-state index is 0.0226. The van der Waals surface area contributed by atoms with Crippen molar-refractivity contribution in [3.63, 3.8) is 0 Å². The molecule has 0 spiro atoms. The zero-order valence-electron chi connectivity index (χ0n) is 66.5. The van der Waals surface area contributed by atoms with Crippen molar-refractivity contribution in [2.75, 3.05) is 14.7 Å². The molecule has 9 aromatic carbocycles. The molecule has 7 aliphatic rings. The molecule has 5 aliphatic carbocycles. The highest BCUT2D eigenvalue weighted by molar-refractivity contribution is 7.00. The van der Waals surface area contributed by atoms with Crippen LogP contribution in [0.25, 0.3) is 11.1 Å². The first kappa shape index (κ1) is 67.9. The van der Waals surface area contributed by atoms with Gasteiger partial charge in [0.1, 0.15) is 0 Å². The molecule has 0 fully saturated rings. The minimum atomic E-state index is -0.364. The van der Waals surface area contributed by atoms with E-state index in [1.54, 1.807) is 0 Å². The van der Waals surface area contributed by atoms with Crippen LogP contribution in [0.2, 0.25) is 0 Å². The number of nitrogens with zero attached hydrogens (tertiary/aromatic N) is 3. The van der Waals surface area contributed by atoms with Crippen molar-refractivity contribution in [3.05, 3.63) is 235 Å². The first-order valence-corrected chi connectivity index (χ1v) is 38.7. The molecule has 0 saturated carbocycles. The Labute approximate surface area is 609 Å². The van der Waals surface area contributed by atoms with Gasteiger partial charge < -0.3 is 14.7 Å². The highest BCUT2D eigenvalue weighted by Gasteiger charge is 2.54. The van der Waals surface area contributed by atoms with E-state index in [0.717, 1.165) is 42.7 Å². The Hall–Kier alpha value is -7.56. The van der Waals surface area contributed by atoms with Gasteiger partial charge in [-0.2, -0.15) is 0 Å². The van der Waals surface area contributed by atoms with Gasteiger partial charge in [0.25, 0.3) is 6.71 Å². The maximum atomic E-state index is 2.84. The monoisotopic (exact) mass is 1330 g/mol. The molecule has 4 heteroatoms. The highest BCUT2D eigenvalue weighted by Crippen LogP contribution is 2.61. The van der Waals surface area contributed by atoms with E-state index < -0.39 is 0 Å². The Morgan fingerprint density at radius 2 is 0.683 bits per heavy atom. The van der Waals surface area contributed by atoms with E-state index in [1.807, 2.05) is 0 Å². The molecule has 0 radical (unpaired) electrons. The van der Waals surface area contributed by atoms with Crippen LogP contribution < -0.4 is 31.1 Å². The van der Waals surface area contributed by atoms with Crippen LogP contribution in [0.4, 0.5) is 51.2 Å². The Morgan fingerprint density at radius 3 is 1.11 bits per heavy atom. The number of rotatable bonds is 5. The zero-order chi connectivity index (χ0) is 72.3. The zero-order valence-corrected chi connectivity index (χ0v) is 66.5. The molecular weight excluding hydrogens is 1220 g/mol. The minimum Gasteiger partial charge on any atom is -0.311 e. The lowest BCUT2D eigenvalue weighted by atomic mass is 9.31.